The molecule has 2 rings (SSSR count). The Morgan fingerprint density at radius 3 is 2.93 bits per heavy atom. The van der Waals surface area contributed by atoms with E-state index in [2.05, 4.69) is 27.3 Å². The second-order valence-electron chi connectivity index (χ2n) is 3.70. The topological polar surface area (TPSA) is 21.3 Å². The van der Waals surface area contributed by atoms with E-state index in [1.165, 1.54) is 5.56 Å². The van der Waals surface area contributed by atoms with Crippen LogP contribution in [0.2, 0.25) is 5.02 Å². The molecule has 1 fully saturated rings. The van der Waals surface area contributed by atoms with Gasteiger partial charge in [0.15, 0.2) is 0 Å². The molecule has 15 heavy (non-hydrogen) atoms. The van der Waals surface area contributed by atoms with E-state index < -0.39 is 0 Å². The summed E-state index contributed by atoms with van der Waals surface area (Å²) in [4.78, 5) is 0. The standard InChI is InChI=1S/C11H13BrClNO/c1-15-11-5-10(13)8(4-9(11)12)7-2-3-14-6-7/h4-5,7,14H,2-3,6H2,1H3. The second kappa shape index (κ2) is 4.73. The van der Waals surface area contributed by atoms with E-state index in [0.29, 0.717) is 5.92 Å². The summed E-state index contributed by atoms with van der Waals surface area (Å²) < 4.78 is 6.17. The third kappa shape index (κ3) is 2.30. The highest BCUT2D eigenvalue weighted by Crippen LogP contribution is 2.36. The fraction of sp³-hybridized carbons (Fsp3) is 0.455. The largest absolute Gasteiger partial charge is 0.496 e. The third-order valence-corrected chi connectivity index (χ3v) is 3.72. The molecule has 0 aliphatic carbocycles. The number of methoxy groups -OCH3 is 1. The van der Waals surface area contributed by atoms with Gasteiger partial charge in [0.05, 0.1) is 11.6 Å². The van der Waals surface area contributed by atoms with Gasteiger partial charge in [-0.25, -0.2) is 0 Å². The van der Waals surface area contributed by atoms with Crippen molar-refractivity contribution < 1.29 is 4.74 Å². The normalized spacial score (nSPS) is 20.6. The summed E-state index contributed by atoms with van der Waals surface area (Å²) in [7, 11) is 1.65. The summed E-state index contributed by atoms with van der Waals surface area (Å²) in [6.45, 7) is 2.09. The summed E-state index contributed by atoms with van der Waals surface area (Å²) in [5.74, 6) is 1.31. The van der Waals surface area contributed by atoms with Gasteiger partial charge in [0.2, 0.25) is 0 Å². The number of halogens is 2. The van der Waals surface area contributed by atoms with Gasteiger partial charge in [-0.3, -0.25) is 0 Å². The molecule has 1 N–H and O–H groups in total. The monoisotopic (exact) mass is 289 g/mol. The lowest BCUT2D eigenvalue weighted by Crippen LogP contribution is -2.08. The zero-order valence-corrected chi connectivity index (χ0v) is 10.9. The minimum absolute atomic E-state index is 0.528. The molecule has 1 unspecified atom stereocenters. The van der Waals surface area contributed by atoms with Crippen LogP contribution in [0.3, 0.4) is 0 Å². The molecule has 1 aliphatic rings. The molecule has 1 atom stereocenters. The minimum atomic E-state index is 0.528. The lowest BCUT2D eigenvalue weighted by atomic mass is 9.98. The highest BCUT2D eigenvalue weighted by Gasteiger charge is 2.20. The Hall–Kier alpha value is -0.250. The van der Waals surface area contributed by atoms with E-state index >= 15 is 0 Å². The summed E-state index contributed by atoms with van der Waals surface area (Å²) in [5.41, 5.74) is 1.20. The second-order valence-corrected chi connectivity index (χ2v) is 4.96. The summed E-state index contributed by atoms with van der Waals surface area (Å²) in [6.07, 6.45) is 1.15. The van der Waals surface area contributed by atoms with Gasteiger partial charge >= 0.3 is 0 Å². The summed E-state index contributed by atoms with van der Waals surface area (Å²) in [6, 6.07) is 3.94. The molecule has 1 aromatic rings. The van der Waals surface area contributed by atoms with Crippen molar-refractivity contribution in [1.82, 2.24) is 5.32 Å². The van der Waals surface area contributed by atoms with E-state index in [1.54, 1.807) is 7.11 Å². The number of hydrogen-bond acceptors (Lipinski definition) is 2. The number of ether oxygens (including phenoxy) is 1. The molecule has 2 nitrogen and oxygen atoms in total. The predicted octanol–water partition coefficient (Wildman–Crippen LogP) is 3.19. The van der Waals surface area contributed by atoms with Crippen LogP contribution >= 0.6 is 27.5 Å². The van der Waals surface area contributed by atoms with Crippen LogP contribution in [-0.2, 0) is 0 Å². The Labute approximate surface area is 103 Å². The molecule has 82 valence electrons. The van der Waals surface area contributed by atoms with Crippen molar-refractivity contribution >= 4 is 27.5 Å². The van der Waals surface area contributed by atoms with Crippen LogP contribution in [0.4, 0.5) is 0 Å². The predicted molar refractivity (Wildman–Crippen MR) is 65.9 cm³/mol. The molecule has 0 radical (unpaired) electrons. The molecular formula is C11H13BrClNO. The molecule has 1 aromatic carbocycles. The van der Waals surface area contributed by atoms with Crippen LogP contribution in [0.25, 0.3) is 0 Å². The number of nitrogens with one attached hydrogen (secondary N) is 1. The quantitative estimate of drug-likeness (QED) is 0.903. The first kappa shape index (κ1) is 11.2. The van der Waals surface area contributed by atoms with Gasteiger partial charge < -0.3 is 10.1 Å². The first-order chi connectivity index (χ1) is 7.22. The Kier molecular flexibility index (Phi) is 3.54. The van der Waals surface area contributed by atoms with Crippen molar-refractivity contribution in [2.75, 3.05) is 20.2 Å². The van der Waals surface area contributed by atoms with Crippen molar-refractivity contribution in [2.45, 2.75) is 12.3 Å². The number of benzene rings is 1. The highest BCUT2D eigenvalue weighted by atomic mass is 79.9. The van der Waals surface area contributed by atoms with Gasteiger partial charge in [-0.15, -0.1) is 0 Å². The van der Waals surface area contributed by atoms with Gasteiger partial charge in [0, 0.05) is 17.6 Å². The molecule has 1 aliphatic heterocycles. The maximum atomic E-state index is 6.23. The average Bonchev–Trinajstić information content (AvgIpc) is 2.74. The lowest BCUT2D eigenvalue weighted by molar-refractivity contribution is 0.412. The summed E-state index contributed by atoms with van der Waals surface area (Å²) >= 11 is 9.72. The third-order valence-electron chi connectivity index (χ3n) is 2.77. The Morgan fingerprint density at radius 1 is 1.53 bits per heavy atom. The zero-order valence-electron chi connectivity index (χ0n) is 8.52. The van der Waals surface area contributed by atoms with Crippen LogP contribution < -0.4 is 10.1 Å². The zero-order chi connectivity index (χ0) is 10.8. The molecule has 0 spiro atoms. The van der Waals surface area contributed by atoms with Crippen LogP contribution in [0.15, 0.2) is 16.6 Å². The van der Waals surface area contributed by atoms with Crippen LogP contribution in [-0.4, -0.2) is 20.2 Å². The first-order valence-electron chi connectivity index (χ1n) is 4.96. The van der Waals surface area contributed by atoms with Gasteiger partial charge in [-0.1, -0.05) is 11.6 Å². The molecule has 0 aromatic heterocycles. The smallest absolute Gasteiger partial charge is 0.134 e. The van der Waals surface area contributed by atoms with E-state index in [9.17, 15) is 0 Å². The van der Waals surface area contributed by atoms with Crippen LogP contribution in [0.1, 0.15) is 17.9 Å². The highest BCUT2D eigenvalue weighted by molar-refractivity contribution is 9.10. The van der Waals surface area contributed by atoms with Crippen LogP contribution in [0, 0.1) is 0 Å². The first-order valence-corrected chi connectivity index (χ1v) is 6.13. The molecular weight excluding hydrogens is 277 g/mol. The molecule has 4 heteroatoms. The molecule has 0 bridgehead atoms. The van der Waals surface area contributed by atoms with E-state index in [4.69, 9.17) is 16.3 Å². The average molecular weight is 291 g/mol. The molecule has 1 heterocycles. The Morgan fingerprint density at radius 2 is 2.33 bits per heavy atom. The number of hydrogen-bond donors (Lipinski definition) is 1. The van der Waals surface area contributed by atoms with E-state index in [0.717, 1.165) is 34.8 Å². The fourth-order valence-electron chi connectivity index (χ4n) is 1.93. The van der Waals surface area contributed by atoms with E-state index in [-0.39, 0.29) is 0 Å². The van der Waals surface area contributed by atoms with Gasteiger partial charge in [-0.05, 0) is 46.4 Å². The van der Waals surface area contributed by atoms with Gasteiger partial charge in [0.25, 0.3) is 0 Å². The van der Waals surface area contributed by atoms with Gasteiger partial charge in [0.1, 0.15) is 5.75 Å². The van der Waals surface area contributed by atoms with Crippen molar-refractivity contribution in [3.8, 4) is 5.75 Å². The minimum Gasteiger partial charge on any atom is -0.496 e. The maximum absolute atomic E-state index is 6.23. The summed E-state index contributed by atoms with van der Waals surface area (Å²) in [5, 5.41) is 4.14. The molecule has 0 amide bonds. The fourth-order valence-corrected chi connectivity index (χ4v) is 2.76. The molecule has 1 saturated heterocycles. The van der Waals surface area contributed by atoms with Gasteiger partial charge in [-0.2, -0.15) is 0 Å². The van der Waals surface area contributed by atoms with Crippen molar-refractivity contribution in [3.63, 3.8) is 0 Å². The molecule has 0 saturated carbocycles. The SMILES string of the molecule is COc1cc(Cl)c(C2CCNC2)cc1Br. The Bertz CT molecular complexity index is 364. The maximum Gasteiger partial charge on any atom is 0.134 e. The van der Waals surface area contributed by atoms with Crippen molar-refractivity contribution in [3.05, 3.63) is 27.2 Å². The van der Waals surface area contributed by atoms with E-state index in [1.807, 2.05) is 6.07 Å². The Balaban J connectivity index is 2.35. The van der Waals surface area contributed by atoms with Crippen LogP contribution in [0.5, 0.6) is 5.75 Å². The van der Waals surface area contributed by atoms with Crippen molar-refractivity contribution in [2.24, 2.45) is 0 Å². The number of rotatable bonds is 2. The van der Waals surface area contributed by atoms with Crippen molar-refractivity contribution in [1.29, 1.82) is 0 Å². The lowest BCUT2D eigenvalue weighted by Gasteiger charge is -2.13.